The van der Waals surface area contributed by atoms with Crippen molar-refractivity contribution in [3.63, 3.8) is 0 Å². The number of aromatic hydroxyl groups is 1. The number of likely N-dealkylation sites (N-methyl/N-ethyl adjacent to an activating group) is 1. The van der Waals surface area contributed by atoms with Gasteiger partial charge in [0.05, 0.1) is 7.11 Å². The fourth-order valence-electron chi connectivity index (χ4n) is 4.28. The van der Waals surface area contributed by atoms with Crippen molar-refractivity contribution < 1.29 is 19.3 Å². The summed E-state index contributed by atoms with van der Waals surface area (Å²) >= 11 is 0. The van der Waals surface area contributed by atoms with Crippen LogP contribution >= 0.6 is 0 Å². The maximum atomic E-state index is 10.3. The SMILES string of the molecule is COc1cc2c(cc1O)-c1c3c(cc4c1[C@@H](C2)N(C)CC4)OCO3. The van der Waals surface area contributed by atoms with E-state index < -0.39 is 0 Å². The lowest BCUT2D eigenvalue weighted by molar-refractivity contribution is 0.174. The lowest BCUT2D eigenvalue weighted by Crippen LogP contribution is -2.35. The molecule has 2 aromatic rings. The Morgan fingerprint density at radius 2 is 2.08 bits per heavy atom. The van der Waals surface area contributed by atoms with E-state index in [1.165, 1.54) is 16.7 Å². The smallest absolute Gasteiger partial charge is 0.231 e. The monoisotopic (exact) mass is 325 g/mol. The molecule has 5 rings (SSSR count). The Balaban J connectivity index is 1.85. The lowest BCUT2D eigenvalue weighted by Gasteiger charge is -2.40. The van der Waals surface area contributed by atoms with Gasteiger partial charge in [-0.05, 0) is 60.3 Å². The predicted octanol–water partition coefficient (Wildman–Crippen LogP) is 2.88. The summed E-state index contributed by atoms with van der Waals surface area (Å²) in [5, 5.41) is 10.3. The highest BCUT2D eigenvalue weighted by molar-refractivity contribution is 5.85. The maximum absolute atomic E-state index is 10.3. The number of fused-ring (bicyclic) bond motifs is 4. The molecule has 1 N–H and O–H groups in total. The molecule has 1 aliphatic carbocycles. The maximum Gasteiger partial charge on any atom is 0.231 e. The molecule has 0 fully saturated rings. The molecular formula is C19H19NO4. The molecule has 5 nitrogen and oxygen atoms in total. The highest BCUT2D eigenvalue weighted by atomic mass is 16.7. The van der Waals surface area contributed by atoms with Crippen molar-refractivity contribution in [1.82, 2.24) is 4.90 Å². The van der Waals surface area contributed by atoms with Crippen LogP contribution in [0.3, 0.4) is 0 Å². The summed E-state index contributed by atoms with van der Waals surface area (Å²) < 4.78 is 16.8. The second kappa shape index (κ2) is 4.80. The third-order valence-electron chi connectivity index (χ3n) is 5.48. The first kappa shape index (κ1) is 14.0. The summed E-state index contributed by atoms with van der Waals surface area (Å²) in [6.45, 7) is 1.28. The minimum atomic E-state index is 0.157. The standard InChI is InChI=1S/C19H19NO4/c1-20-4-3-10-6-16-19(24-9-23-16)18-12-8-14(21)15(22-2)7-11(12)5-13(20)17(10)18/h6-8,13,21H,3-5,9H2,1-2H3/t13-/m1/s1. The molecule has 2 heterocycles. The van der Waals surface area contributed by atoms with Crippen LogP contribution in [0.25, 0.3) is 11.1 Å². The second-order valence-corrected chi connectivity index (χ2v) is 6.69. The quantitative estimate of drug-likeness (QED) is 0.874. The Hall–Kier alpha value is -2.40. The normalized spacial score (nSPS) is 20.5. The fraction of sp³-hybridized carbons (Fsp3) is 0.368. The van der Waals surface area contributed by atoms with E-state index in [1.807, 2.05) is 6.07 Å². The number of hydrogen-bond acceptors (Lipinski definition) is 5. The topological polar surface area (TPSA) is 51.2 Å². The average Bonchev–Trinajstić information content (AvgIpc) is 3.05. The molecule has 0 aromatic heterocycles. The third kappa shape index (κ3) is 1.73. The summed E-state index contributed by atoms with van der Waals surface area (Å²) in [4.78, 5) is 2.40. The molecule has 2 aliphatic heterocycles. The highest BCUT2D eigenvalue weighted by Crippen LogP contribution is 2.54. The summed E-state index contributed by atoms with van der Waals surface area (Å²) in [6, 6.07) is 6.21. The number of rotatable bonds is 1. The van der Waals surface area contributed by atoms with Gasteiger partial charge in [0.15, 0.2) is 23.0 Å². The van der Waals surface area contributed by atoms with Crippen molar-refractivity contribution in [2.24, 2.45) is 0 Å². The zero-order valence-corrected chi connectivity index (χ0v) is 13.8. The van der Waals surface area contributed by atoms with Crippen LogP contribution in [0.15, 0.2) is 18.2 Å². The molecule has 24 heavy (non-hydrogen) atoms. The van der Waals surface area contributed by atoms with Crippen molar-refractivity contribution in [3.8, 4) is 34.1 Å². The van der Waals surface area contributed by atoms with E-state index in [0.717, 1.165) is 42.0 Å². The van der Waals surface area contributed by atoms with E-state index in [1.54, 1.807) is 13.2 Å². The Kier molecular flexibility index (Phi) is 2.80. The number of benzene rings is 2. The van der Waals surface area contributed by atoms with Crippen LogP contribution in [-0.4, -0.2) is 37.5 Å². The molecule has 0 saturated heterocycles. The molecule has 2 aromatic carbocycles. The summed E-state index contributed by atoms with van der Waals surface area (Å²) in [7, 11) is 3.75. The van der Waals surface area contributed by atoms with Crippen LogP contribution in [0.5, 0.6) is 23.0 Å². The molecule has 3 aliphatic rings. The molecule has 0 amide bonds. The minimum absolute atomic E-state index is 0.157. The van der Waals surface area contributed by atoms with E-state index in [-0.39, 0.29) is 12.5 Å². The zero-order valence-electron chi connectivity index (χ0n) is 13.8. The highest BCUT2D eigenvalue weighted by Gasteiger charge is 2.38. The van der Waals surface area contributed by atoms with Crippen LogP contribution < -0.4 is 14.2 Å². The van der Waals surface area contributed by atoms with Crippen LogP contribution in [0.4, 0.5) is 0 Å². The van der Waals surface area contributed by atoms with Crippen LogP contribution in [0, 0.1) is 0 Å². The summed E-state index contributed by atoms with van der Waals surface area (Å²) in [5.74, 6) is 2.29. The van der Waals surface area contributed by atoms with Crippen molar-refractivity contribution in [1.29, 1.82) is 0 Å². The van der Waals surface area contributed by atoms with Crippen LogP contribution in [0.2, 0.25) is 0 Å². The number of ether oxygens (including phenoxy) is 3. The largest absolute Gasteiger partial charge is 0.504 e. The molecule has 0 radical (unpaired) electrons. The van der Waals surface area contributed by atoms with Crippen LogP contribution in [0.1, 0.15) is 22.7 Å². The van der Waals surface area contributed by atoms with Gasteiger partial charge in [0.2, 0.25) is 6.79 Å². The van der Waals surface area contributed by atoms with Gasteiger partial charge < -0.3 is 19.3 Å². The van der Waals surface area contributed by atoms with Gasteiger partial charge in [0.1, 0.15) is 0 Å². The Labute approximate surface area is 140 Å². The predicted molar refractivity (Wildman–Crippen MR) is 89.0 cm³/mol. The third-order valence-corrected chi connectivity index (χ3v) is 5.48. The first-order valence-corrected chi connectivity index (χ1v) is 8.23. The van der Waals surface area contributed by atoms with Gasteiger partial charge in [0.25, 0.3) is 0 Å². The number of methoxy groups -OCH3 is 1. The number of hydrogen-bond donors (Lipinski definition) is 1. The van der Waals surface area contributed by atoms with Gasteiger partial charge in [-0.3, -0.25) is 4.90 Å². The number of phenols is 1. The van der Waals surface area contributed by atoms with Crippen molar-refractivity contribution in [3.05, 3.63) is 34.9 Å². The molecule has 5 heteroatoms. The molecule has 0 spiro atoms. The van der Waals surface area contributed by atoms with Gasteiger partial charge in [0, 0.05) is 18.2 Å². The van der Waals surface area contributed by atoms with Crippen molar-refractivity contribution >= 4 is 0 Å². The fourth-order valence-corrected chi connectivity index (χ4v) is 4.28. The molecule has 0 unspecified atom stereocenters. The average molecular weight is 325 g/mol. The molecular weight excluding hydrogens is 306 g/mol. The molecule has 0 bridgehead atoms. The van der Waals surface area contributed by atoms with E-state index >= 15 is 0 Å². The minimum Gasteiger partial charge on any atom is -0.504 e. The van der Waals surface area contributed by atoms with E-state index in [0.29, 0.717) is 11.8 Å². The number of phenolic OH excluding ortho intramolecular Hbond substituents is 1. The van der Waals surface area contributed by atoms with E-state index in [4.69, 9.17) is 14.2 Å². The first-order chi connectivity index (χ1) is 11.7. The Morgan fingerprint density at radius 3 is 2.92 bits per heavy atom. The zero-order chi connectivity index (χ0) is 16.4. The first-order valence-electron chi connectivity index (χ1n) is 8.23. The molecule has 1 atom stereocenters. The van der Waals surface area contributed by atoms with E-state index in [2.05, 4.69) is 18.0 Å². The Morgan fingerprint density at radius 1 is 1.21 bits per heavy atom. The number of nitrogens with zero attached hydrogens (tertiary/aromatic N) is 1. The summed E-state index contributed by atoms with van der Waals surface area (Å²) in [6.07, 6.45) is 1.91. The molecule has 124 valence electrons. The van der Waals surface area contributed by atoms with Crippen molar-refractivity contribution in [2.45, 2.75) is 18.9 Å². The van der Waals surface area contributed by atoms with Crippen molar-refractivity contribution in [2.75, 3.05) is 27.5 Å². The van der Waals surface area contributed by atoms with E-state index in [9.17, 15) is 5.11 Å². The molecule has 0 saturated carbocycles. The van der Waals surface area contributed by atoms with Crippen LogP contribution in [-0.2, 0) is 12.8 Å². The second-order valence-electron chi connectivity index (χ2n) is 6.69. The van der Waals surface area contributed by atoms with Gasteiger partial charge in [-0.2, -0.15) is 0 Å². The van der Waals surface area contributed by atoms with Gasteiger partial charge in [-0.15, -0.1) is 0 Å². The van der Waals surface area contributed by atoms with Gasteiger partial charge >= 0.3 is 0 Å². The summed E-state index contributed by atoms with van der Waals surface area (Å²) in [5.41, 5.74) is 5.93. The van der Waals surface area contributed by atoms with Gasteiger partial charge in [-0.25, -0.2) is 0 Å². The lowest BCUT2D eigenvalue weighted by atomic mass is 9.76. The van der Waals surface area contributed by atoms with Gasteiger partial charge in [-0.1, -0.05) is 0 Å². The Bertz CT molecular complexity index is 861.